The first-order valence-corrected chi connectivity index (χ1v) is 5.86. The summed E-state index contributed by atoms with van der Waals surface area (Å²) in [5.74, 6) is 0.0333. The summed E-state index contributed by atoms with van der Waals surface area (Å²) in [6.45, 7) is 6.63. The number of carbonyl (C=O) groups is 1. The number of amides is 1. The Hall–Kier alpha value is -0.640. The van der Waals surface area contributed by atoms with Gasteiger partial charge in [0.1, 0.15) is 0 Å². The van der Waals surface area contributed by atoms with Crippen molar-refractivity contribution in [3.05, 3.63) is 0 Å². The molecule has 1 atom stereocenters. The van der Waals surface area contributed by atoms with E-state index in [1.54, 1.807) is 4.90 Å². The molecule has 0 saturated heterocycles. The molecular weight excluding hydrogens is 208 g/mol. The molecule has 0 bridgehead atoms. The van der Waals surface area contributed by atoms with E-state index in [0.29, 0.717) is 11.4 Å². The molecule has 0 rings (SSSR count). The van der Waals surface area contributed by atoms with Crippen molar-refractivity contribution in [1.82, 2.24) is 4.90 Å². The minimum atomic E-state index is -0.683. The van der Waals surface area contributed by atoms with Gasteiger partial charge in [-0.25, -0.2) is 0 Å². The van der Waals surface area contributed by atoms with E-state index < -0.39 is 5.41 Å². The fourth-order valence-electron chi connectivity index (χ4n) is 1.35. The summed E-state index contributed by atoms with van der Waals surface area (Å²) >= 11 is 4.97. The van der Waals surface area contributed by atoms with Crippen LogP contribution in [0, 0.1) is 5.41 Å². The molecule has 0 aromatic rings. The van der Waals surface area contributed by atoms with Crippen LogP contribution in [0.3, 0.4) is 0 Å². The summed E-state index contributed by atoms with van der Waals surface area (Å²) in [5.41, 5.74) is 4.95. The van der Waals surface area contributed by atoms with E-state index in [4.69, 9.17) is 18.0 Å². The van der Waals surface area contributed by atoms with Crippen molar-refractivity contribution in [3.8, 4) is 0 Å². The zero-order chi connectivity index (χ0) is 12.1. The second-order valence-corrected chi connectivity index (χ2v) is 4.57. The van der Waals surface area contributed by atoms with E-state index in [9.17, 15) is 4.79 Å². The van der Waals surface area contributed by atoms with Gasteiger partial charge < -0.3 is 10.6 Å². The molecule has 0 aliphatic carbocycles. The van der Waals surface area contributed by atoms with E-state index in [1.807, 2.05) is 20.9 Å². The minimum absolute atomic E-state index is 0.0333. The quantitative estimate of drug-likeness (QED) is 0.709. The van der Waals surface area contributed by atoms with Gasteiger partial charge in [0.2, 0.25) is 5.91 Å². The fraction of sp³-hybridized carbons (Fsp3) is 0.818. The van der Waals surface area contributed by atoms with Gasteiger partial charge in [-0.05, 0) is 19.8 Å². The van der Waals surface area contributed by atoms with Crippen LogP contribution in [-0.4, -0.2) is 29.4 Å². The molecule has 1 unspecified atom stereocenters. The van der Waals surface area contributed by atoms with E-state index in [-0.39, 0.29) is 5.91 Å². The highest BCUT2D eigenvalue weighted by molar-refractivity contribution is 7.80. The molecule has 0 heterocycles. The summed E-state index contributed by atoms with van der Waals surface area (Å²) in [5, 5.41) is 0. The van der Waals surface area contributed by atoms with Crippen LogP contribution in [0.25, 0.3) is 0 Å². The van der Waals surface area contributed by atoms with Gasteiger partial charge >= 0.3 is 0 Å². The third-order valence-electron chi connectivity index (χ3n) is 2.92. The van der Waals surface area contributed by atoms with Crippen LogP contribution in [0.15, 0.2) is 0 Å². The highest BCUT2D eigenvalue weighted by atomic mass is 32.1. The molecule has 0 aliphatic rings. The molecule has 0 aromatic carbocycles. The summed E-state index contributed by atoms with van der Waals surface area (Å²) in [7, 11) is 1.81. The first-order valence-electron chi connectivity index (χ1n) is 5.45. The molecule has 3 nitrogen and oxygen atoms in total. The van der Waals surface area contributed by atoms with Crippen molar-refractivity contribution in [2.75, 3.05) is 13.6 Å². The van der Waals surface area contributed by atoms with Gasteiger partial charge in [0.05, 0.1) is 10.4 Å². The van der Waals surface area contributed by atoms with Crippen molar-refractivity contribution < 1.29 is 4.79 Å². The normalized spacial score (nSPS) is 14.4. The molecule has 4 heteroatoms. The molecule has 15 heavy (non-hydrogen) atoms. The third kappa shape index (κ3) is 3.45. The lowest BCUT2D eigenvalue weighted by Gasteiger charge is -2.30. The third-order valence-corrected chi connectivity index (χ3v) is 3.37. The maximum atomic E-state index is 12.1. The van der Waals surface area contributed by atoms with E-state index in [0.717, 1.165) is 19.4 Å². The van der Waals surface area contributed by atoms with Gasteiger partial charge in [-0.2, -0.15) is 0 Å². The SMILES string of the molecule is CCCCN(C)C(=O)C(C)(CC)C(N)=S. The maximum Gasteiger partial charge on any atom is 0.235 e. The monoisotopic (exact) mass is 230 g/mol. The Bertz CT molecular complexity index is 243. The lowest BCUT2D eigenvalue weighted by atomic mass is 9.86. The van der Waals surface area contributed by atoms with Gasteiger partial charge in [-0.3, -0.25) is 4.79 Å². The number of nitrogens with zero attached hydrogens (tertiary/aromatic N) is 1. The highest BCUT2D eigenvalue weighted by Crippen LogP contribution is 2.24. The number of hydrogen-bond donors (Lipinski definition) is 1. The summed E-state index contributed by atoms with van der Waals surface area (Å²) in [4.78, 5) is 14.1. The molecule has 0 fully saturated rings. The zero-order valence-electron chi connectivity index (χ0n) is 10.2. The average Bonchev–Trinajstić information content (AvgIpc) is 2.23. The standard InChI is InChI=1S/C11H22N2OS/c1-5-7-8-13(4)10(14)11(3,6-2)9(12)15/h5-8H2,1-4H3,(H2,12,15). The van der Waals surface area contributed by atoms with Crippen LogP contribution in [0.4, 0.5) is 0 Å². The van der Waals surface area contributed by atoms with Crippen LogP contribution in [0.1, 0.15) is 40.0 Å². The van der Waals surface area contributed by atoms with E-state index in [2.05, 4.69) is 6.92 Å². The molecule has 1 amide bonds. The Kier molecular flexibility index (Phi) is 5.80. The minimum Gasteiger partial charge on any atom is -0.392 e. The molecule has 0 saturated carbocycles. The maximum absolute atomic E-state index is 12.1. The Balaban J connectivity index is 4.58. The van der Waals surface area contributed by atoms with Crippen LogP contribution >= 0.6 is 12.2 Å². The lowest BCUT2D eigenvalue weighted by molar-refractivity contribution is -0.136. The predicted octanol–water partition coefficient (Wildman–Crippen LogP) is 1.95. The topological polar surface area (TPSA) is 46.3 Å². The molecule has 0 aromatic heterocycles. The first kappa shape index (κ1) is 14.4. The van der Waals surface area contributed by atoms with Crippen molar-refractivity contribution in [2.45, 2.75) is 40.0 Å². The van der Waals surface area contributed by atoms with Crippen LogP contribution in [0.2, 0.25) is 0 Å². The largest absolute Gasteiger partial charge is 0.392 e. The fourth-order valence-corrected chi connectivity index (χ4v) is 1.58. The van der Waals surface area contributed by atoms with Crippen LogP contribution in [-0.2, 0) is 4.79 Å². The molecule has 0 radical (unpaired) electrons. The molecule has 0 aliphatic heterocycles. The smallest absolute Gasteiger partial charge is 0.235 e. The van der Waals surface area contributed by atoms with Gasteiger partial charge in [-0.1, -0.05) is 32.5 Å². The number of rotatable bonds is 6. The van der Waals surface area contributed by atoms with E-state index >= 15 is 0 Å². The van der Waals surface area contributed by atoms with Crippen LogP contribution < -0.4 is 5.73 Å². The van der Waals surface area contributed by atoms with Gasteiger partial charge in [0, 0.05) is 13.6 Å². The number of nitrogens with two attached hydrogens (primary N) is 1. The summed E-state index contributed by atoms with van der Waals surface area (Å²) in [6.07, 6.45) is 2.74. The van der Waals surface area contributed by atoms with Gasteiger partial charge in [0.15, 0.2) is 0 Å². The lowest BCUT2D eigenvalue weighted by Crippen LogP contribution is -2.47. The number of unbranched alkanes of at least 4 members (excludes halogenated alkanes) is 1. The molecular formula is C11H22N2OS. The number of carbonyl (C=O) groups excluding carboxylic acids is 1. The second-order valence-electron chi connectivity index (χ2n) is 4.13. The van der Waals surface area contributed by atoms with E-state index in [1.165, 1.54) is 0 Å². The zero-order valence-corrected chi connectivity index (χ0v) is 11.0. The van der Waals surface area contributed by atoms with Crippen molar-refractivity contribution in [2.24, 2.45) is 11.1 Å². The van der Waals surface area contributed by atoms with Crippen molar-refractivity contribution in [3.63, 3.8) is 0 Å². The number of hydrogen-bond acceptors (Lipinski definition) is 2. The van der Waals surface area contributed by atoms with Crippen LogP contribution in [0.5, 0.6) is 0 Å². The predicted molar refractivity (Wildman–Crippen MR) is 67.7 cm³/mol. The Morgan fingerprint density at radius 1 is 1.47 bits per heavy atom. The summed E-state index contributed by atoms with van der Waals surface area (Å²) < 4.78 is 0. The van der Waals surface area contributed by atoms with Crippen molar-refractivity contribution >= 4 is 23.1 Å². The Labute approximate surface area is 98.0 Å². The Morgan fingerprint density at radius 3 is 2.33 bits per heavy atom. The van der Waals surface area contributed by atoms with Crippen molar-refractivity contribution in [1.29, 1.82) is 0 Å². The molecule has 88 valence electrons. The molecule has 0 spiro atoms. The number of thiocarbonyl (C=S) groups is 1. The summed E-state index contributed by atoms with van der Waals surface area (Å²) in [6, 6.07) is 0. The second kappa shape index (κ2) is 6.05. The molecule has 2 N–H and O–H groups in total. The Morgan fingerprint density at radius 2 is 2.00 bits per heavy atom. The highest BCUT2D eigenvalue weighted by Gasteiger charge is 2.36. The average molecular weight is 230 g/mol. The van der Waals surface area contributed by atoms with Gasteiger partial charge in [0.25, 0.3) is 0 Å². The van der Waals surface area contributed by atoms with Gasteiger partial charge in [-0.15, -0.1) is 0 Å². The first-order chi connectivity index (χ1) is 6.90.